The normalized spacial score (nSPS) is 13.8. The van der Waals surface area contributed by atoms with Gasteiger partial charge in [0.1, 0.15) is 6.07 Å². The zero-order chi connectivity index (χ0) is 13.1. The first kappa shape index (κ1) is 15.9. The van der Waals surface area contributed by atoms with Crippen LogP contribution in [0.3, 0.4) is 0 Å². The van der Waals surface area contributed by atoms with Gasteiger partial charge in [-0.3, -0.25) is 0 Å². The molecule has 0 saturated heterocycles. The first-order valence-corrected chi connectivity index (χ1v) is 6.38. The Morgan fingerprint density at radius 1 is 1.24 bits per heavy atom. The second kappa shape index (κ2) is 8.98. The Bertz CT molecular complexity index is 263. The van der Waals surface area contributed by atoms with Gasteiger partial charge in [0.15, 0.2) is 0 Å². The van der Waals surface area contributed by atoms with Gasteiger partial charge in [-0.25, -0.2) is 9.18 Å². The summed E-state index contributed by atoms with van der Waals surface area (Å²) in [7, 11) is 0. The fraction of sp³-hybridized carbons (Fsp3) is 0.846. The van der Waals surface area contributed by atoms with Crippen LogP contribution >= 0.6 is 0 Å². The van der Waals surface area contributed by atoms with Crippen molar-refractivity contribution in [3.63, 3.8) is 0 Å². The first-order valence-electron chi connectivity index (χ1n) is 6.38. The van der Waals surface area contributed by atoms with E-state index >= 15 is 0 Å². The molecule has 1 atom stereocenters. The lowest BCUT2D eigenvalue weighted by molar-refractivity contribution is -0.153. The van der Waals surface area contributed by atoms with Crippen LogP contribution in [0.1, 0.15) is 58.8 Å². The summed E-state index contributed by atoms with van der Waals surface area (Å²) in [6.45, 7) is 3.83. The van der Waals surface area contributed by atoms with Crippen LogP contribution in [0.2, 0.25) is 0 Å². The first-order chi connectivity index (χ1) is 8.10. The number of unbranched alkanes of at least 4 members (excludes halogenated alkanes) is 5. The van der Waals surface area contributed by atoms with Crippen molar-refractivity contribution in [3.8, 4) is 6.07 Å². The van der Waals surface area contributed by atoms with Gasteiger partial charge in [0.2, 0.25) is 0 Å². The smallest absolute Gasteiger partial charge is 0.358 e. The van der Waals surface area contributed by atoms with Crippen LogP contribution in [0.4, 0.5) is 4.39 Å². The highest BCUT2D eigenvalue weighted by Crippen LogP contribution is 2.21. The molecule has 0 aromatic carbocycles. The highest BCUT2D eigenvalue weighted by atomic mass is 19.1. The molecule has 0 spiro atoms. The molecule has 0 aliphatic rings. The second-order valence-electron chi connectivity index (χ2n) is 4.15. The number of carbonyl (C=O) groups excluding carboxylic acids is 1. The van der Waals surface area contributed by atoms with Gasteiger partial charge in [-0.15, -0.1) is 0 Å². The third-order valence-electron chi connectivity index (χ3n) is 2.65. The Hall–Kier alpha value is -1.11. The van der Waals surface area contributed by atoms with E-state index in [1.54, 1.807) is 6.92 Å². The van der Waals surface area contributed by atoms with Crippen LogP contribution in [0.25, 0.3) is 0 Å². The number of alkyl halides is 1. The largest absolute Gasteiger partial charge is 0.463 e. The summed E-state index contributed by atoms with van der Waals surface area (Å²) in [6, 6.07) is 1.42. The molecule has 3 nitrogen and oxygen atoms in total. The summed E-state index contributed by atoms with van der Waals surface area (Å²) in [4.78, 5) is 11.2. The van der Waals surface area contributed by atoms with Gasteiger partial charge in [-0.1, -0.05) is 39.0 Å². The molecule has 0 amide bonds. The number of hydrogen-bond donors (Lipinski definition) is 0. The topological polar surface area (TPSA) is 50.1 Å². The van der Waals surface area contributed by atoms with E-state index in [1.807, 2.05) is 0 Å². The van der Waals surface area contributed by atoms with Crippen molar-refractivity contribution >= 4 is 5.97 Å². The maximum Gasteiger partial charge on any atom is 0.358 e. The molecule has 0 radical (unpaired) electrons. The second-order valence-corrected chi connectivity index (χ2v) is 4.15. The Labute approximate surface area is 103 Å². The van der Waals surface area contributed by atoms with E-state index in [1.165, 1.54) is 12.5 Å². The van der Waals surface area contributed by atoms with E-state index in [9.17, 15) is 9.18 Å². The van der Waals surface area contributed by atoms with Gasteiger partial charge in [-0.2, -0.15) is 5.26 Å². The predicted molar refractivity (Wildman–Crippen MR) is 64.1 cm³/mol. The summed E-state index contributed by atoms with van der Waals surface area (Å²) in [5.41, 5.74) is -2.46. The van der Waals surface area contributed by atoms with Crippen molar-refractivity contribution in [2.24, 2.45) is 0 Å². The lowest BCUT2D eigenvalue weighted by Gasteiger charge is -2.15. The number of hydrogen-bond acceptors (Lipinski definition) is 3. The predicted octanol–water partition coefficient (Wildman–Crippen LogP) is 3.53. The molecule has 0 saturated carbocycles. The van der Waals surface area contributed by atoms with Crippen LogP contribution in [0, 0.1) is 11.3 Å². The average Bonchev–Trinajstić information content (AvgIpc) is 2.33. The maximum absolute atomic E-state index is 13.8. The summed E-state index contributed by atoms with van der Waals surface area (Å²) in [5.74, 6) is -1.05. The van der Waals surface area contributed by atoms with Crippen molar-refractivity contribution < 1.29 is 13.9 Å². The summed E-state index contributed by atoms with van der Waals surface area (Å²) >= 11 is 0. The van der Waals surface area contributed by atoms with Crippen molar-refractivity contribution in [1.29, 1.82) is 5.26 Å². The fourth-order valence-corrected chi connectivity index (χ4v) is 1.60. The third-order valence-corrected chi connectivity index (χ3v) is 2.65. The molecular formula is C13H22FNO2. The minimum Gasteiger partial charge on any atom is -0.463 e. The van der Waals surface area contributed by atoms with E-state index in [0.717, 1.165) is 25.7 Å². The van der Waals surface area contributed by atoms with Gasteiger partial charge in [0.25, 0.3) is 5.67 Å². The number of nitrogens with zero attached hydrogens (tertiary/aromatic N) is 1. The molecule has 4 heteroatoms. The Morgan fingerprint density at radius 2 is 1.82 bits per heavy atom. The molecule has 0 aliphatic carbocycles. The van der Waals surface area contributed by atoms with Gasteiger partial charge in [0, 0.05) is 6.42 Å². The maximum atomic E-state index is 13.8. The Morgan fingerprint density at radius 3 is 2.35 bits per heavy atom. The third kappa shape index (κ3) is 6.25. The quantitative estimate of drug-likeness (QED) is 0.460. The van der Waals surface area contributed by atoms with Gasteiger partial charge in [-0.05, 0) is 13.3 Å². The molecule has 0 unspecified atom stereocenters. The number of nitriles is 1. The molecule has 0 fully saturated rings. The van der Waals surface area contributed by atoms with Crippen LogP contribution < -0.4 is 0 Å². The van der Waals surface area contributed by atoms with Crippen molar-refractivity contribution in [2.75, 3.05) is 6.61 Å². The van der Waals surface area contributed by atoms with Gasteiger partial charge >= 0.3 is 5.97 Å². The van der Waals surface area contributed by atoms with Gasteiger partial charge in [0.05, 0.1) is 6.61 Å². The van der Waals surface area contributed by atoms with Crippen LogP contribution in [-0.2, 0) is 9.53 Å². The number of ether oxygens (including phenoxy) is 1. The lowest BCUT2D eigenvalue weighted by atomic mass is 9.99. The molecule has 0 aliphatic heterocycles. The lowest BCUT2D eigenvalue weighted by Crippen LogP contribution is -2.34. The van der Waals surface area contributed by atoms with Crippen molar-refractivity contribution in [1.82, 2.24) is 0 Å². The summed E-state index contributed by atoms with van der Waals surface area (Å²) < 4.78 is 18.4. The number of halogens is 1. The van der Waals surface area contributed by atoms with Gasteiger partial charge < -0.3 is 4.74 Å². The molecule has 0 aromatic rings. The summed E-state index contributed by atoms with van der Waals surface area (Å²) in [5, 5.41) is 8.70. The Balaban J connectivity index is 3.89. The highest BCUT2D eigenvalue weighted by Gasteiger charge is 2.39. The molecular weight excluding hydrogens is 221 g/mol. The monoisotopic (exact) mass is 243 g/mol. The standard InChI is InChI=1S/C13H22FNO2/c1-3-5-6-7-8-9-10-13(14,11-15)12(16)17-4-2/h3-10H2,1-2H3/t13-/m0/s1. The molecule has 0 N–H and O–H groups in total. The van der Waals surface area contributed by atoms with E-state index in [4.69, 9.17) is 5.26 Å². The van der Waals surface area contributed by atoms with E-state index in [-0.39, 0.29) is 13.0 Å². The zero-order valence-electron chi connectivity index (χ0n) is 10.8. The molecule has 0 aromatic heterocycles. The van der Waals surface area contributed by atoms with E-state index < -0.39 is 11.6 Å². The van der Waals surface area contributed by atoms with Crippen LogP contribution in [0.5, 0.6) is 0 Å². The molecule has 17 heavy (non-hydrogen) atoms. The van der Waals surface area contributed by atoms with Crippen molar-refractivity contribution in [3.05, 3.63) is 0 Å². The molecule has 0 heterocycles. The average molecular weight is 243 g/mol. The van der Waals surface area contributed by atoms with Crippen molar-refractivity contribution in [2.45, 2.75) is 64.5 Å². The summed E-state index contributed by atoms with van der Waals surface area (Å²) in [6.07, 6.45) is 5.83. The molecule has 0 bridgehead atoms. The molecule has 98 valence electrons. The number of esters is 1. The van der Waals surface area contributed by atoms with Crippen LogP contribution in [0.15, 0.2) is 0 Å². The van der Waals surface area contributed by atoms with E-state index in [0.29, 0.717) is 6.42 Å². The number of rotatable bonds is 9. The molecule has 0 rings (SSSR count). The number of carbonyl (C=O) groups is 1. The van der Waals surface area contributed by atoms with Crippen LogP contribution in [-0.4, -0.2) is 18.2 Å². The fourth-order valence-electron chi connectivity index (χ4n) is 1.60. The highest BCUT2D eigenvalue weighted by molar-refractivity contribution is 5.82. The van der Waals surface area contributed by atoms with E-state index in [2.05, 4.69) is 11.7 Å². The minimum absolute atomic E-state index is 0.0611. The Kier molecular flexibility index (Phi) is 8.39. The zero-order valence-corrected chi connectivity index (χ0v) is 10.8. The minimum atomic E-state index is -2.46. The SMILES string of the molecule is CCCCCCCC[C@](F)(C#N)C(=O)OCC.